The van der Waals surface area contributed by atoms with E-state index in [9.17, 15) is 0 Å². The van der Waals surface area contributed by atoms with E-state index in [4.69, 9.17) is 0 Å². The fraction of sp³-hybridized carbons (Fsp3) is 0.647. The topological polar surface area (TPSA) is 0 Å². The largest absolute Gasteiger partial charge is 0.0839 e. The lowest BCUT2D eigenvalue weighted by Crippen LogP contribution is -2.20. The zero-order valence-corrected chi connectivity index (χ0v) is 13.2. The maximum atomic E-state index is 3.84. The molecule has 1 saturated carbocycles. The highest BCUT2D eigenvalue weighted by Crippen LogP contribution is 2.38. The van der Waals surface area contributed by atoms with E-state index in [-0.39, 0.29) is 0 Å². The molecule has 18 heavy (non-hydrogen) atoms. The summed E-state index contributed by atoms with van der Waals surface area (Å²) in [5.41, 5.74) is 1.43. The third-order valence-corrected chi connectivity index (χ3v) is 5.68. The van der Waals surface area contributed by atoms with E-state index < -0.39 is 0 Å². The molecule has 0 heterocycles. The van der Waals surface area contributed by atoms with Gasteiger partial charge in [0.25, 0.3) is 0 Å². The van der Waals surface area contributed by atoms with E-state index in [0.717, 1.165) is 17.8 Å². The van der Waals surface area contributed by atoms with Crippen LogP contribution in [-0.2, 0) is 0 Å². The molecule has 1 fully saturated rings. The van der Waals surface area contributed by atoms with Gasteiger partial charge in [-0.3, -0.25) is 0 Å². The smallest absolute Gasteiger partial charge is 0.0395 e. The second-order valence-corrected chi connectivity index (χ2v) is 7.19. The SMILES string of the molecule is CC1CCC(CCC(Br)c2ccccc2)CC1C. The Morgan fingerprint density at radius 3 is 2.50 bits per heavy atom. The summed E-state index contributed by atoms with van der Waals surface area (Å²) >= 11 is 3.84. The average molecular weight is 309 g/mol. The minimum absolute atomic E-state index is 0.536. The van der Waals surface area contributed by atoms with Crippen LogP contribution in [0.2, 0.25) is 0 Å². The highest BCUT2D eigenvalue weighted by Gasteiger charge is 2.24. The van der Waals surface area contributed by atoms with Crippen molar-refractivity contribution >= 4 is 15.9 Å². The molecule has 1 aromatic carbocycles. The number of rotatable bonds is 4. The maximum absolute atomic E-state index is 3.84. The van der Waals surface area contributed by atoms with Gasteiger partial charge < -0.3 is 0 Å². The van der Waals surface area contributed by atoms with Crippen molar-refractivity contribution in [1.29, 1.82) is 0 Å². The van der Waals surface area contributed by atoms with Gasteiger partial charge in [0.2, 0.25) is 0 Å². The Kier molecular flexibility index (Phi) is 5.29. The summed E-state index contributed by atoms with van der Waals surface area (Å²) in [5.74, 6) is 2.82. The monoisotopic (exact) mass is 308 g/mol. The van der Waals surface area contributed by atoms with Crippen molar-refractivity contribution in [2.45, 2.75) is 50.8 Å². The summed E-state index contributed by atoms with van der Waals surface area (Å²) < 4.78 is 0. The molecule has 1 heteroatoms. The summed E-state index contributed by atoms with van der Waals surface area (Å²) in [4.78, 5) is 0.536. The van der Waals surface area contributed by atoms with Gasteiger partial charge in [0.05, 0.1) is 0 Å². The Hall–Kier alpha value is -0.300. The van der Waals surface area contributed by atoms with Gasteiger partial charge in [-0.25, -0.2) is 0 Å². The van der Waals surface area contributed by atoms with Crippen LogP contribution in [0.1, 0.15) is 56.3 Å². The molecule has 1 aromatic rings. The Morgan fingerprint density at radius 1 is 1.11 bits per heavy atom. The molecule has 1 aliphatic carbocycles. The third kappa shape index (κ3) is 3.85. The number of hydrogen-bond donors (Lipinski definition) is 0. The van der Waals surface area contributed by atoms with Crippen LogP contribution in [-0.4, -0.2) is 0 Å². The summed E-state index contributed by atoms with van der Waals surface area (Å²) in [7, 11) is 0. The molecule has 0 aliphatic heterocycles. The first kappa shape index (κ1) is 14.1. The van der Waals surface area contributed by atoms with Crippen molar-refractivity contribution in [3.8, 4) is 0 Å². The molecular weight excluding hydrogens is 284 g/mol. The Labute approximate surface area is 120 Å². The van der Waals surface area contributed by atoms with Gasteiger partial charge in [-0.2, -0.15) is 0 Å². The minimum atomic E-state index is 0.536. The lowest BCUT2D eigenvalue weighted by Gasteiger charge is -2.32. The van der Waals surface area contributed by atoms with E-state index in [1.165, 1.54) is 37.7 Å². The van der Waals surface area contributed by atoms with Gasteiger partial charge in [-0.05, 0) is 42.6 Å². The molecular formula is C17H25Br. The van der Waals surface area contributed by atoms with E-state index in [0.29, 0.717) is 4.83 Å². The molecule has 0 nitrogen and oxygen atoms in total. The minimum Gasteiger partial charge on any atom is -0.0839 e. The molecule has 0 amide bonds. The van der Waals surface area contributed by atoms with Gasteiger partial charge in [0.15, 0.2) is 0 Å². The van der Waals surface area contributed by atoms with Crippen LogP contribution in [0.5, 0.6) is 0 Å². The summed E-state index contributed by atoms with van der Waals surface area (Å²) in [5, 5.41) is 0. The van der Waals surface area contributed by atoms with Crippen LogP contribution in [0, 0.1) is 17.8 Å². The highest BCUT2D eigenvalue weighted by atomic mass is 79.9. The lowest BCUT2D eigenvalue weighted by molar-refractivity contribution is 0.198. The van der Waals surface area contributed by atoms with Crippen molar-refractivity contribution in [2.24, 2.45) is 17.8 Å². The standard InChI is InChI=1S/C17H25Br/c1-13-8-9-15(12-14(13)2)10-11-17(18)16-6-4-3-5-7-16/h3-7,13-15,17H,8-12H2,1-2H3. The predicted molar refractivity (Wildman–Crippen MR) is 83.0 cm³/mol. The fourth-order valence-corrected chi connectivity index (χ4v) is 3.70. The van der Waals surface area contributed by atoms with Gasteiger partial charge in [0.1, 0.15) is 0 Å². The zero-order chi connectivity index (χ0) is 13.0. The first-order chi connectivity index (χ1) is 8.66. The second kappa shape index (κ2) is 6.75. The van der Waals surface area contributed by atoms with Crippen LogP contribution < -0.4 is 0 Å². The number of hydrogen-bond acceptors (Lipinski definition) is 0. The van der Waals surface area contributed by atoms with Crippen LogP contribution in [0.25, 0.3) is 0 Å². The van der Waals surface area contributed by atoms with Crippen LogP contribution in [0.15, 0.2) is 30.3 Å². The van der Waals surface area contributed by atoms with Gasteiger partial charge in [-0.1, -0.05) is 73.0 Å². The first-order valence-electron chi connectivity index (χ1n) is 7.36. The summed E-state index contributed by atoms with van der Waals surface area (Å²) in [6.07, 6.45) is 6.97. The number of halogens is 1. The van der Waals surface area contributed by atoms with Crippen molar-refractivity contribution in [2.75, 3.05) is 0 Å². The number of alkyl halides is 1. The zero-order valence-electron chi connectivity index (χ0n) is 11.6. The fourth-order valence-electron chi connectivity index (χ4n) is 3.13. The Morgan fingerprint density at radius 2 is 1.83 bits per heavy atom. The Balaban J connectivity index is 1.78. The molecule has 4 unspecified atom stereocenters. The molecule has 0 bridgehead atoms. The second-order valence-electron chi connectivity index (χ2n) is 6.09. The van der Waals surface area contributed by atoms with Crippen LogP contribution in [0.4, 0.5) is 0 Å². The summed E-state index contributed by atoms with van der Waals surface area (Å²) in [6, 6.07) is 10.8. The molecule has 2 rings (SSSR count). The third-order valence-electron chi connectivity index (χ3n) is 4.70. The molecule has 0 radical (unpaired) electrons. The number of benzene rings is 1. The lowest BCUT2D eigenvalue weighted by atomic mass is 9.74. The quantitative estimate of drug-likeness (QED) is 0.601. The molecule has 0 saturated heterocycles. The molecule has 1 aliphatic rings. The van der Waals surface area contributed by atoms with Gasteiger partial charge in [-0.15, -0.1) is 0 Å². The molecule has 0 aromatic heterocycles. The van der Waals surface area contributed by atoms with Crippen LogP contribution >= 0.6 is 15.9 Å². The molecule has 4 atom stereocenters. The first-order valence-corrected chi connectivity index (χ1v) is 8.27. The van der Waals surface area contributed by atoms with E-state index in [2.05, 4.69) is 60.1 Å². The van der Waals surface area contributed by atoms with Crippen molar-refractivity contribution in [1.82, 2.24) is 0 Å². The summed E-state index contributed by atoms with van der Waals surface area (Å²) in [6.45, 7) is 4.85. The van der Waals surface area contributed by atoms with Gasteiger partial charge >= 0.3 is 0 Å². The molecule has 0 spiro atoms. The normalized spacial score (nSPS) is 30.1. The van der Waals surface area contributed by atoms with E-state index >= 15 is 0 Å². The van der Waals surface area contributed by atoms with Crippen molar-refractivity contribution < 1.29 is 0 Å². The van der Waals surface area contributed by atoms with E-state index in [1.807, 2.05) is 0 Å². The maximum Gasteiger partial charge on any atom is 0.0395 e. The highest BCUT2D eigenvalue weighted by molar-refractivity contribution is 9.09. The average Bonchev–Trinajstić information content (AvgIpc) is 2.41. The van der Waals surface area contributed by atoms with Gasteiger partial charge in [0, 0.05) is 4.83 Å². The molecule has 0 N–H and O–H groups in total. The predicted octanol–water partition coefficient (Wildman–Crippen LogP) is 5.98. The van der Waals surface area contributed by atoms with Crippen LogP contribution in [0.3, 0.4) is 0 Å². The van der Waals surface area contributed by atoms with Crippen molar-refractivity contribution in [3.63, 3.8) is 0 Å². The van der Waals surface area contributed by atoms with Crippen molar-refractivity contribution in [3.05, 3.63) is 35.9 Å². The van der Waals surface area contributed by atoms with E-state index in [1.54, 1.807) is 0 Å². The molecule has 100 valence electrons. The Bertz CT molecular complexity index is 346.